The van der Waals surface area contributed by atoms with Crippen LogP contribution < -0.4 is 0 Å². The highest BCUT2D eigenvalue weighted by Crippen LogP contribution is 2.45. The fourth-order valence-corrected chi connectivity index (χ4v) is 3.16. The third-order valence-corrected chi connectivity index (χ3v) is 3.96. The zero-order valence-corrected chi connectivity index (χ0v) is 10.6. The van der Waals surface area contributed by atoms with Gasteiger partial charge < -0.3 is 0 Å². The Labute approximate surface area is 94.5 Å². The maximum atomic E-state index is 2.57. The largest absolute Gasteiger partial charge is 0.0733 e. The lowest BCUT2D eigenvalue weighted by molar-refractivity contribution is 0.498. The van der Waals surface area contributed by atoms with Gasteiger partial charge in [0.1, 0.15) is 0 Å². The van der Waals surface area contributed by atoms with E-state index in [1.807, 2.05) is 0 Å². The maximum absolute atomic E-state index is 2.57. The molecule has 2 rings (SSSR count). The Balaban J connectivity index is 2.34. The molecule has 15 heavy (non-hydrogen) atoms. The topological polar surface area (TPSA) is 0 Å². The molecule has 0 aromatic rings. The molecule has 0 saturated heterocycles. The molecule has 0 spiro atoms. The maximum Gasteiger partial charge on any atom is 0.00117 e. The second-order valence-corrected chi connectivity index (χ2v) is 5.76. The average Bonchev–Trinajstić information content (AvgIpc) is 2.56. The Morgan fingerprint density at radius 1 is 1.07 bits per heavy atom. The van der Waals surface area contributed by atoms with Crippen molar-refractivity contribution in [3.63, 3.8) is 0 Å². The molecule has 0 radical (unpaired) electrons. The Hall–Kier alpha value is -0.520. The van der Waals surface area contributed by atoms with Gasteiger partial charge in [-0.05, 0) is 48.7 Å². The summed E-state index contributed by atoms with van der Waals surface area (Å²) in [6.07, 6.45) is 8.12. The smallest absolute Gasteiger partial charge is 0.00117 e. The van der Waals surface area contributed by atoms with Crippen molar-refractivity contribution in [2.24, 2.45) is 17.8 Å². The van der Waals surface area contributed by atoms with Crippen LogP contribution in [0.15, 0.2) is 22.8 Å². The van der Waals surface area contributed by atoms with E-state index in [4.69, 9.17) is 0 Å². The van der Waals surface area contributed by atoms with Crippen molar-refractivity contribution in [3.8, 4) is 0 Å². The highest BCUT2D eigenvalue weighted by atomic mass is 14.3. The van der Waals surface area contributed by atoms with Crippen molar-refractivity contribution < 1.29 is 0 Å². The van der Waals surface area contributed by atoms with Gasteiger partial charge in [-0.2, -0.15) is 0 Å². The van der Waals surface area contributed by atoms with Gasteiger partial charge in [-0.1, -0.05) is 39.3 Å². The van der Waals surface area contributed by atoms with Crippen LogP contribution in [-0.4, -0.2) is 0 Å². The number of hydrogen-bond acceptors (Lipinski definition) is 0. The van der Waals surface area contributed by atoms with Gasteiger partial charge >= 0.3 is 0 Å². The first-order valence-electron chi connectivity index (χ1n) is 6.55. The average molecular weight is 204 g/mol. The van der Waals surface area contributed by atoms with Crippen molar-refractivity contribution in [3.05, 3.63) is 22.8 Å². The molecule has 0 aliphatic heterocycles. The highest BCUT2D eigenvalue weighted by molar-refractivity contribution is 5.47. The molecule has 1 unspecified atom stereocenters. The first-order valence-corrected chi connectivity index (χ1v) is 6.55. The third-order valence-electron chi connectivity index (χ3n) is 3.96. The predicted molar refractivity (Wildman–Crippen MR) is 66.7 cm³/mol. The molecule has 0 N–H and O–H groups in total. The minimum atomic E-state index is 0.719. The van der Waals surface area contributed by atoms with Gasteiger partial charge in [0.15, 0.2) is 0 Å². The molecule has 0 heterocycles. The summed E-state index contributed by atoms with van der Waals surface area (Å²) in [6.45, 7) is 9.41. The molecule has 84 valence electrons. The van der Waals surface area contributed by atoms with E-state index >= 15 is 0 Å². The van der Waals surface area contributed by atoms with E-state index in [0.29, 0.717) is 0 Å². The first-order chi connectivity index (χ1) is 7.11. The monoisotopic (exact) mass is 204 g/mol. The van der Waals surface area contributed by atoms with Gasteiger partial charge in [-0.3, -0.25) is 0 Å². The van der Waals surface area contributed by atoms with Crippen LogP contribution in [0.5, 0.6) is 0 Å². The predicted octanol–water partition coefficient (Wildman–Crippen LogP) is 4.73. The van der Waals surface area contributed by atoms with Crippen molar-refractivity contribution in [2.45, 2.75) is 53.4 Å². The molecule has 2 aliphatic rings. The lowest BCUT2D eigenvalue weighted by Crippen LogP contribution is -2.09. The quantitative estimate of drug-likeness (QED) is 0.610. The van der Waals surface area contributed by atoms with Gasteiger partial charge in [0.25, 0.3) is 0 Å². The summed E-state index contributed by atoms with van der Waals surface area (Å²) in [5.41, 5.74) is 5.21. The van der Waals surface area contributed by atoms with Crippen LogP contribution in [0.2, 0.25) is 0 Å². The Kier molecular flexibility index (Phi) is 3.04. The SMILES string of the molecule is CC(C)C1=CC(C(C)C)C2=C1CCCC2. The Morgan fingerprint density at radius 2 is 1.73 bits per heavy atom. The normalized spacial score (nSPS) is 26.3. The van der Waals surface area contributed by atoms with Crippen LogP contribution in [0, 0.1) is 17.8 Å². The number of allylic oxidation sites excluding steroid dienone is 4. The fourth-order valence-electron chi connectivity index (χ4n) is 3.16. The van der Waals surface area contributed by atoms with E-state index < -0.39 is 0 Å². The molecule has 0 fully saturated rings. The molecule has 0 aromatic carbocycles. The molecular weight excluding hydrogens is 180 g/mol. The summed E-state index contributed by atoms with van der Waals surface area (Å²) in [6, 6.07) is 0. The minimum Gasteiger partial charge on any atom is -0.0733 e. The Morgan fingerprint density at radius 3 is 2.33 bits per heavy atom. The summed E-state index contributed by atoms with van der Waals surface area (Å²) in [5, 5.41) is 0. The highest BCUT2D eigenvalue weighted by Gasteiger charge is 2.30. The molecule has 0 bridgehead atoms. The molecule has 0 nitrogen and oxygen atoms in total. The standard InChI is InChI=1S/C15H24/c1-10(2)14-9-15(11(3)4)13-8-6-5-7-12(13)14/h9-11,14H,5-8H2,1-4H3. The molecule has 0 aromatic heterocycles. The van der Waals surface area contributed by atoms with Gasteiger partial charge in [-0.15, -0.1) is 0 Å². The summed E-state index contributed by atoms with van der Waals surface area (Å²) >= 11 is 0. The molecule has 0 amide bonds. The molecule has 0 saturated carbocycles. The van der Waals surface area contributed by atoms with E-state index in [-0.39, 0.29) is 0 Å². The second kappa shape index (κ2) is 4.15. The molecule has 0 heteroatoms. The number of rotatable bonds is 2. The minimum absolute atomic E-state index is 0.719. The van der Waals surface area contributed by atoms with E-state index in [1.54, 1.807) is 16.7 Å². The summed E-state index contributed by atoms with van der Waals surface area (Å²) in [5.74, 6) is 2.26. The van der Waals surface area contributed by atoms with E-state index in [2.05, 4.69) is 33.8 Å². The second-order valence-electron chi connectivity index (χ2n) is 5.76. The lowest BCUT2D eigenvalue weighted by Gasteiger charge is -2.23. The van der Waals surface area contributed by atoms with Gasteiger partial charge in [0, 0.05) is 5.92 Å². The van der Waals surface area contributed by atoms with Crippen LogP contribution in [0.3, 0.4) is 0 Å². The molecule has 2 aliphatic carbocycles. The lowest BCUT2D eigenvalue weighted by atomic mass is 9.82. The van der Waals surface area contributed by atoms with Crippen LogP contribution in [0.1, 0.15) is 53.4 Å². The van der Waals surface area contributed by atoms with Crippen molar-refractivity contribution in [1.82, 2.24) is 0 Å². The van der Waals surface area contributed by atoms with Crippen LogP contribution in [0.4, 0.5) is 0 Å². The summed E-state index contributed by atoms with van der Waals surface area (Å²) < 4.78 is 0. The van der Waals surface area contributed by atoms with Crippen molar-refractivity contribution >= 4 is 0 Å². The zero-order valence-electron chi connectivity index (χ0n) is 10.6. The number of hydrogen-bond donors (Lipinski definition) is 0. The van der Waals surface area contributed by atoms with Crippen LogP contribution >= 0.6 is 0 Å². The van der Waals surface area contributed by atoms with E-state index in [0.717, 1.165) is 17.8 Å². The van der Waals surface area contributed by atoms with Gasteiger partial charge in [0.2, 0.25) is 0 Å². The van der Waals surface area contributed by atoms with Gasteiger partial charge in [-0.25, -0.2) is 0 Å². The van der Waals surface area contributed by atoms with Crippen LogP contribution in [0.25, 0.3) is 0 Å². The Bertz CT molecular complexity index is 302. The molecular formula is C15H24. The zero-order chi connectivity index (χ0) is 11.0. The molecule has 1 atom stereocenters. The van der Waals surface area contributed by atoms with Crippen molar-refractivity contribution in [1.29, 1.82) is 0 Å². The summed E-state index contributed by atoms with van der Waals surface area (Å²) in [7, 11) is 0. The van der Waals surface area contributed by atoms with E-state index in [9.17, 15) is 0 Å². The van der Waals surface area contributed by atoms with Crippen LogP contribution in [-0.2, 0) is 0 Å². The van der Waals surface area contributed by atoms with E-state index in [1.165, 1.54) is 25.7 Å². The van der Waals surface area contributed by atoms with Gasteiger partial charge in [0.05, 0.1) is 0 Å². The fraction of sp³-hybridized carbons (Fsp3) is 0.733. The summed E-state index contributed by atoms with van der Waals surface area (Å²) in [4.78, 5) is 0. The van der Waals surface area contributed by atoms with Crippen molar-refractivity contribution in [2.75, 3.05) is 0 Å². The first kappa shape index (κ1) is 11.0. The third kappa shape index (κ3) is 1.91.